The number of aryl methyl sites for hydroxylation is 1. The second-order valence-electron chi connectivity index (χ2n) is 6.21. The Bertz CT molecular complexity index is 402. The molecule has 1 N–H and O–H groups in total. The normalized spacial score (nSPS) is 21.8. The van der Waals surface area contributed by atoms with Gasteiger partial charge in [0.25, 0.3) is 0 Å². The summed E-state index contributed by atoms with van der Waals surface area (Å²) in [5.74, 6) is 0. The maximum absolute atomic E-state index is 10.5. The lowest BCUT2D eigenvalue weighted by Gasteiger charge is -2.22. The van der Waals surface area contributed by atoms with Crippen molar-refractivity contribution in [1.29, 1.82) is 0 Å². The van der Waals surface area contributed by atoms with Crippen LogP contribution in [0.2, 0.25) is 0 Å². The van der Waals surface area contributed by atoms with Crippen LogP contribution in [0.3, 0.4) is 0 Å². The molecule has 0 saturated carbocycles. The molecule has 1 aliphatic rings. The zero-order chi connectivity index (χ0) is 14.9. The van der Waals surface area contributed by atoms with E-state index in [1.807, 2.05) is 12.1 Å². The van der Waals surface area contributed by atoms with Crippen molar-refractivity contribution in [1.82, 2.24) is 0 Å². The lowest BCUT2D eigenvalue weighted by atomic mass is 10.0. The molecule has 0 amide bonds. The number of fused-ring (bicyclic) bond motifs is 1. The topological polar surface area (TPSA) is 29.5 Å². The van der Waals surface area contributed by atoms with Crippen molar-refractivity contribution in [2.75, 3.05) is 6.61 Å². The number of ether oxygens (including phenoxy) is 1. The Balaban J connectivity index is 1.74. The molecule has 1 aromatic carbocycles. The fraction of sp³-hybridized carbons (Fsp3) is 0.684. The Morgan fingerprint density at radius 2 is 1.86 bits per heavy atom. The number of hydrogen-bond acceptors (Lipinski definition) is 2. The molecule has 2 unspecified atom stereocenters. The average molecular weight is 290 g/mol. The van der Waals surface area contributed by atoms with Gasteiger partial charge in [0, 0.05) is 6.61 Å². The van der Waals surface area contributed by atoms with Crippen molar-refractivity contribution in [2.24, 2.45) is 0 Å². The van der Waals surface area contributed by atoms with Crippen molar-refractivity contribution in [3.8, 4) is 0 Å². The largest absolute Gasteiger partial charge is 0.386 e. The summed E-state index contributed by atoms with van der Waals surface area (Å²) in [5.41, 5.74) is 2.36. The summed E-state index contributed by atoms with van der Waals surface area (Å²) < 4.78 is 5.99. The van der Waals surface area contributed by atoms with Crippen molar-refractivity contribution < 1.29 is 9.84 Å². The highest BCUT2D eigenvalue weighted by Gasteiger charge is 2.26. The SMILES string of the molecule is CCCCCCCCOC1CCCc2ccccc2C1O. The van der Waals surface area contributed by atoms with Crippen LogP contribution in [-0.4, -0.2) is 17.8 Å². The number of hydrogen-bond donors (Lipinski definition) is 1. The van der Waals surface area contributed by atoms with Crippen molar-refractivity contribution >= 4 is 0 Å². The van der Waals surface area contributed by atoms with Crippen LogP contribution in [0.25, 0.3) is 0 Å². The number of benzene rings is 1. The summed E-state index contributed by atoms with van der Waals surface area (Å²) in [6.07, 6.45) is 10.3. The summed E-state index contributed by atoms with van der Waals surface area (Å²) >= 11 is 0. The van der Waals surface area contributed by atoms with Gasteiger partial charge in [-0.2, -0.15) is 0 Å². The van der Waals surface area contributed by atoms with E-state index in [1.54, 1.807) is 0 Å². The van der Waals surface area contributed by atoms with E-state index < -0.39 is 6.10 Å². The first-order valence-electron chi connectivity index (χ1n) is 8.70. The Morgan fingerprint density at radius 3 is 2.71 bits per heavy atom. The van der Waals surface area contributed by atoms with E-state index in [1.165, 1.54) is 37.7 Å². The minimum absolute atomic E-state index is 0.0238. The molecule has 0 aromatic heterocycles. The molecule has 118 valence electrons. The highest BCUT2D eigenvalue weighted by molar-refractivity contribution is 5.30. The fourth-order valence-corrected chi connectivity index (χ4v) is 3.19. The Labute approximate surface area is 129 Å². The molecule has 2 rings (SSSR count). The molecule has 2 atom stereocenters. The van der Waals surface area contributed by atoms with Crippen molar-refractivity contribution in [3.05, 3.63) is 35.4 Å². The van der Waals surface area contributed by atoms with Gasteiger partial charge in [0.05, 0.1) is 6.10 Å². The second kappa shape index (κ2) is 9.22. The predicted octanol–water partition coefficient (Wildman–Crippen LogP) is 4.80. The first-order chi connectivity index (χ1) is 10.3. The van der Waals surface area contributed by atoms with Gasteiger partial charge in [-0.3, -0.25) is 0 Å². The van der Waals surface area contributed by atoms with Gasteiger partial charge in [0.1, 0.15) is 6.10 Å². The predicted molar refractivity (Wildman–Crippen MR) is 87.5 cm³/mol. The zero-order valence-corrected chi connectivity index (χ0v) is 13.4. The molecule has 0 heterocycles. The van der Waals surface area contributed by atoms with E-state index in [2.05, 4.69) is 19.1 Å². The van der Waals surface area contributed by atoms with Crippen molar-refractivity contribution in [3.63, 3.8) is 0 Å². The Morgan fingerprint density at radius 1 is 1.10 bits per heavy atom. The molecule has 2 nitrogen and oxygen atoms in total. The van der Waals surface area contributed by atoms with E-state index in [9.17, 15) is 5.11 Å². The van der Waals surface area contributed by atoms with E-state index >= 15 is 0 Å². The third-order valence-electron chi connectivity index (χ3n) is 4.49. The third kappa shape index (κ3) is 5.12. The van der Waals surface area contributed by atoms with Crippen LogP contribution < -0.4 is 0 Å². The minimum Gasteiger partial charge on any atom is -0.386 e. The summed E-state index contributed by atoms with van der Waals surface area (Å²) in [5, 5.41) is 10.5. The van der Waals surface area contributed by atoms with Gasteiger partial charge in [-0.25, -0.2) is 0 Å². The highest BCUT2D eigenvalue weighted by Crippen LogP contribution is 2.30. The molecule has 0 bridgehead atoms. The zero-order valence-electron chi connectivity index (χ0n) is 13.4. The molecule has 0 saturated heterocycles. The van der Waals surface area contributed by atoms with E-state index in [4.69, 9.17) is 4.74 Å². The molecule has 1 aromatic rings. The van der Waals surface area contributed by atoms with Crippen LogP contribution >= 0.6 is 0 Å². The molecule has 0 fully saturated rings. The van der Waals surface area contributed by atoms with Crippen LogP contribution in [0.4, 0.5) is 0 Å². The van der Waals surface area contributed by atoms with Crippen LogP contribution in [0.15, 0.2) is 24.3 Å². The van der Waals surface area contributed by atoms with Gasteiger partial charge in [0.2, 0.25) is 0 Å². The van der Waals surface area contributed by atoms with Gasteiger partial charge in [0.15, 0.2) is 0 Å². The number of aliphatic hydroxyl groups is 1. The molecule has 0 aliphatic heterocycles. The van der Waals surface area contributed by atoms with Gasteiger partial charge in [-0.05, 0) is 36.8 Å². The standard InChI is InChI=1S/C19H30O2/c1-2-3-4-5-6-9-15-21-18-14-10-12-16-11-7-8-13-17(16)19(18)20/h7-8,11,13,18-20H,2-6,9-10,12,14-15H2,1H3. The number of aliphatic hydroxyl groups excluding tert-OH is 1. The third-order valence-corrected chi connectivity index (χ3v) is 4.49. The molecular formula is C19H30O2. The summed E-state index contributed by atoms with van der Waals surface area (Å²) in [4.78, 5) is 0. The van der Waals surface area contributed by atoms with Gasteiger partial charge in [-0.1, -0.05) is 63.3 Å². The van der Waals surface area contributed by atoms with Gasteiger partial charge < -0.3 is 9.84 Å². The maximum atomic E-state index is 10.5. The van der Waals surface area contributed by atoms with Crippen LogP contribution in [0.1, 0.15) is 75.5 Å². The van der Waals surface area contributed by atoms with Gasteiger partial charge in [-0.15, -0.1) is 0 Å². The highest BCUT2D eigenvalue weighted by atomic mass is 16.5. The molecule has 0 radical (unpaired) electrons. The van der Waals surface area contributed by atoms with Crippen LogP contribution in [0.5, 0.6) is 0 Å². The molecule has 0 spiro atoms. The molecule has 1 aliphatic carbocycles. The summed E-state index contributed by atoms with van der Waals surface area (Å²) in [6, 6.07) is 8.25. The first kappa shape index (κ1) is 16.5. The quantitative estimate of drug-likeness (QED) is 0.550. The Kier molecular flexibility index (Phi) is 7.25. The monoisotopic (exact) mass is 290 g/mol. The lowest BCUT2D eigenvalue weighted by Crippen LogP contribution is -2.22. The van der Waals surface area contributed by atoms with Gasteiger partial charge >= 0.3 is 0 Å². The van der Waals surface area contributed by atoms with Crippen LogP contribution in [-0.2, 0) is 11.2 Å². The summed E-state index contributed by atoms with van der Waals surface area (Å²) in [7, 11) is 0. The average Bonchev–Trinajstić information content (AvgIpc) is 2.67. The second-order valence-corrected chi connectivity index (χ2v) is 6.21. The minimum atomic E-state index is -0.455. The van der Waals surface area contributed by atoms with E-state index in [0.717, 1.165) is 37.9 Å². The van der Waals surface area contributed by atoms with E-state index in [-0.39, 0.29) is 6.10 Å². The maximum Gasteiger partial charge on any atom is 0.105 e. The molecular weight excluding hydrogens is 260 g/mol. The van der Waals surface area contributed by atoms with Crippen LogP contribution in [0, 0.1) is 0 Å². The Hall–Kier alpha value is -0.860. The first-order valence-corrected chi connectivity index (χ1v) is 8.70. The fourth-order valence-electron chi connectivity index (χ4n) is 3.19. The lowest BCUT2D eigenvalue weighted by molar-refractivity contribution is -0.0428. The number of rotatable bonds is 8. The summed E-state index contributed by atoms with van der Waals surface area (Å²) in [6.45, 7) is 3.03. The molecule has 2 heteroatoms. The molecule has 21 heavy (non-hydrogen) atoms. The smallest absolute Gasteiger partial charge is 0.105 e. The van der Waals surface area contributed by atoms with E-state index in [0.29, 0.717) is 0 Å². The number of unbranched alkanes of at least 4 members (excludes halogenated alkanes) is 5. The van der Waals surface area contributed by atoms with Crippen molar-refractivity contribution in [2.45, 2.75) is 76.9 Å².